The van der Waals surface area contributed by atoms with Gasteiger partial charge in [-0.25, -0.2) is 0 Å². The van der Waals surface area contributed by atoms with Crippen LogP contribution in [0.1, 0.15) is 5.69 Å². The van der Waals surface area contributed by atoms with Gasteiger partial charge in [-0.1, -0.05) is 6.07 Å². The minimum absolute atomic E-state index is 0. The molecule has 0 atom stereocenters. The van der Waals surface area contributed by atoms with E-state index in [0.29, 0.717) is 6.61 Å². The molecule has 4 heteroatoms. The summed E-state index contributed by atoms with van der Waals surface area (Å²) in [6.45, 7) is 3.57. The van der Waals surface area contributed by atoms with Gasteiger partial charge in [-0.05, 0) is 12.1 Å². The molecule has 0 N–H and O–H groups in total. The van der Waals surface area contributed by atoms with E-state index in [2.05, 4.69) is 21.7 Å². The van der Waals surface area contributed by atoms with E-state index in [4.69, 9.17) is 0 Å². The number of aromatic nitrogens is 1. The summed E-state index contributed by atoms with van der Waals surface area (Å²) in [6.07, 6.45) is 1.71. The molecule has 0 radical (unpaired) electrons. The molecule has 0 amide bonds. The van der Waals surface area contributed by atoms with Crippen LogP contribution < -0.4 is 0 Å². The Labute approximate surface area is 71.5 Å². The average Bonchev–Trinajstić information content (AvgIpc) is 2.03. The molecule has 60 valence electrons. The Balaban J connectivity index is 0.000001000. The van der Waals surface area contributed by atoms with Gasteiger partial charge in [0.1, 0.15) is 0 Å². The van der Waals surface area contributed by atoms with Crippen LogP contribution in [0.3, 0.4) is 0 Å². The number of halogens is 1. The summed E-state index contributed by atoms with van der Waals surface area (Å²) in [5, 5.41) is 3.24. The molecule has 0 bridgehead atoms. The molecule has 1 aromatic rings. The van der Waals surface area contributed by atoms with Crippen LogP contribution in [0.5, 0.6) is 0 Å². The predicted octanol–water partition coefficient (Wildman–Crippen LogP) is 1.64. The Hall–Kier alpha value is -1.09. The van der Waals surface area contributed by atoms with E-state index in [1.54, 1.807) is 6.20 Å². The minimum atomic E-state index is 0. The summed E-state index contributed by atoms with van der Waals surface area (Å²) in [7, 11) is 0. The lowest BCUT2D eigenvalue weighted by atomic mass is 10.4. The number of hydrogen-bond acceptors (Lipinski definition) is 3. The smallest absolute Gasteiger partial charge is 0.159 e. The van der Waals surface area contributed by atoms with Gasteiger partial charge in [0.25, 0.3) is 0 Å². The maximum atomic E-state index is 4.67. The number of pyridine rings is 1. The van der Waals surface area contributed by atoms with E-state index in [0.717, 1.165) is 5.69 Å². The van der Waals surface area contributed by atoms with Crippen LogP contribution >= 0.6 is 12.4 Å². The first-order valence-electron chi connectivity index (χ1n) is 2.91. The Kier molecular flexibility index (Phi) is 5.11. The van der Waals surface area contributed by atoms with Crippen LogP contribution in [0.2, 0.25) is 0 Å². The highest BCUT2D eigenvalue weighted by atomic mass is 35.5. The normalized spacial score (nSPS) is 8.00. The maximum Gasteiger partial charge on any atom is 0.159 e. The van der Waals surface area contributed by atoms with Gasteiger partial charge in [0.15, 0.2) is 6.61 Å². The molecule has 0 spiro atoms. The molecule has 0 saturated heterocycles. The molecule has 3 nitrogen and oxygen atoms in total. The highest BCUT2D eigenvalue weighted by Gasteiger charge is 1.88. The number of oxime groups is 1. The monoisotopic (exact) mass is 172 g/mol. The average molecular weight is 173 g/mol. The molecule has 0 aliphatic carbocycles. The van der Waals surface area contributed by atoms with Crippen molar-refractivity contribution in [2.75, 3.05) is 0 Å². The first kappa shape index (κ1) is 9.91. The Bertz CT molecular complexity index is 203. The zero-order chi connectivity index (χ0) is 7.23. The van der Waals surface area contributed by atoms with Gasteiger partial charge in [0.05, 0.1) is 5.69 Å². The van der Waals surface area contributed by atoms with Gasteiger partial charge in [-0.15, -0.1) is 17.6 Å². The Morgan fingerprint density at radius 1 is 1.55 bits per heavy atom. The molecular formula is C7H9ClN2O. The first-order valence-corrected chi connectivity index (χ1v) is 2.91. The summed E-state index contributed by atoms with van der Waals surface area (Å²) in [5.41, 5.74) is 0.856. The zero-order valence-electron chi connectivity index (χ0n) is 5.93. The number of rotatable bonds is 3. The van der Waals surface area contributed by atoms with Crippen LogP contribution in [0.15, 0.2) is 29.6 Å². The fourth-order valence-electron chi connectivity index (χ4n) is 0.595. The zero-order valence-corrected chi connectivity index (χ0v) is 6.75. The molecule has 0 saturated carbocycles. The van der Waals surface area contributed by atoms with Gasteiger partial charge < -0.3 is 4.84 Å². The lowest BCUT2D eigenvalue weighted by Gasteiger charge is -1.95. The minimum Gasteiger partial charge on any atom is -0.390 e. The Morgan fingerprint density at radius 3 is 2.91 bits per heavy atom. The van der Waals surface area contributed by atoms with Crippen molar-refractivity contribution in [1.82, 2.24) is 4.98 Å². The van der Waals surface area contributed by atoms with Crippen molar-refractivity contribution in [3.8, 4) is 0 Å². The van der Waals surface area contributed by atoms with Crippen molar-refractivity contribution in [1.29, 1.82) is 0 Å². The number of hydrogen-bond donors (Lipinski definition) is 0. The van der Waals surface area contributed by atoms with Gasteiger partial charge in [0.2, 0.25) is 0 Å². The molecule has 0 aliphatic heterocycles. The molecule has 1 rings (SSSR count). The molecular weight excluding hydrogens is 164 g/mol. The second kappa shape index (κ2) is 5.68. The highest BCUT2D eigenvalue weighted by molar-refractivity contribution is 5.85. The SMILES string of the molecule is C=NOCc1ccccn1.Cl. The Morgan fingerprint density at radius 2 is 2.36 bits per heavy atom. The van der Waals surface area contributed by atoms with Crippen molar-refractivity contribution in [3.05, 3.63) is 30.1 Å². The third kappa shape index (κ3) is 3.57. The topological polar surface area (TPSA) is 34.5 Å². The van der Waals surface area contributed by atoms with E-state index in [-0.39, 0.29) is 12.4 Å². The molecule has 0 unspecified atom stereocenters. The molecule has 0 aliphatic rings. The van der Waals surface area contributed by atoms with E-state index in [1.165, 1.54) is 0 Å². The summed E-state index contributed by atoms with van der Waals surface area (Å²) in [4.78, 5) is 8.67. The molecule has 0 aromatic carbocycles. The first-order chi connectivity index (χ1) is 4.93. The van der Waals surface area contributed by atoms with Crippen LogP contribution in [0.25, 0.3) is 0 Å². The maximum absolute atomic E-state index is 4.67. The van der Waals surface area contributed by atoms with Gasteiger partial charge >= 0.3 is 0 Å². The fraction of sp³-hybridized carbons (Fsp3) is 0.143. The van der Waals surface area contributed by atoms with Crippen molar-refractivity contribution >= 4 is 19.1 Å². The van der Waals surface area contributed by atoms with Crippen LogP contribution in [0.4, 0.5) is 0 Å². The van der Waals surface area contributed by atoms with Gasteiger partial charge in [-0.3, -0.25) is 4.98 Å². The van der Waals surface area contributed by atoms with Crippen LogP contribution in [-0.4, -0.2) is 11.7 Å². The van der Waals surface area contributed by atoms with Crippen molar-refractivity contribution < 1.29 is 4.84 Å². The summed E-state index contributed by atoms with van der Waals surface area (Å²) < 4.78 is 0. The summed E-state index contributed by atoms with van der Waals surface area (Å²) in [6, 6.07) is 5.62. The van der Waals surface area contributed by atoms with E-state index >= 15 is 0 Å². The summed E-state index contributed by atoms with van der Waals surface area (Å²) in [5.74, 6) is 0. The van der Waals surface area contributed by atoms with Crippen molar-refractivity contribution in [2.24, 2.45) is 5.16 Å². The highest BCUT2D eigenvalue weighted by Crippen LogP contribution is 1.94. The molecule has 11 heavy (non-hydrogen) atoms. The quantitative estimate of drug-likeness (QED) is 0.513. The van der Waals surface area contributed by atoms with E-state index in [1.807, 2.05) is 18.2 Å². The third-order valence-corrected chi connectivity index (χ3v) is 1.03. The predicted molar refractivity (Wildman–Crippen MR) is 45.8 cm³/mol. The molecule has 0 fully saturated rings. The van der Waals surface area contributed by atoms with Crippen LogP contribution in [-0.2, 0) is 11.4 Å². The molecule has 1 heterocycles. The summed E-state index contributed by atoms with van der Waals surface area (Å²) >= 11 is 0. The second-order valence-corrected chi connectivity index (χ2v) is 1.72. The van der Waals surface area contributed by atoms with E-state index in [9.17, 15) is 0 Å². The third-order valence-electron chi connectivity index (χ3n) is 1.03. The lowest BCUT2D eigenvalue weighted by Crippen LogP contribution is -1.88. The largest absolute Gasteiger partial charge is 0.390 e. The van der Waals surface area contributed by atoms with Crippen LogP contribution in [0, 0.1) is 0 Å². The lowest BCUT2D eigenvalue weighted by molar-refractivity contribution is 0.130. The van der Waals surface area contributed by atoms with E-state index < -0.39 is 0 Å². The van der Waals surface area contributed by atoms with Crippen molar-refractivity contribution in [2.45, 2.75) is 6.61 Å². The fourth-order valence-corrected chi connectivity index (χ4v) is 0.595. The number of nitrogens with zero attached hydrogens (tertiary/aromatic N) is 2. The van der Waals surface area contributed by atoms with Crippen molar-refractivity contribution in [3.63, 3.8) is 0 Å². The van der Waals surface area contributed by atoms with Gasteiger partial charge in [-0.2, -0.15) is 0 Å². The standard InChI is InChI=1S/C7H8N2O.ClH/c1-8-10-6-7-4-2-3-5-9-7;/h2-5H,1,6H2;1H. The second-order valence-electron chi connectivity index (χ2n) is 1.72. The molecule has 1 aromatic heterocycles. The van der Waals surface area contributed by atoms with Gasteiger partial charge in [0, 0.05) is 12.9 Å².